The van der Waals surface area contributed by atoms with Crippen LogP contribution in [0.5, 0.6) is 0 Å². The summed E-state index contributed by atoms with van der Waals surface area (Å²) in [5.41, 5.74) is 0.602. The van der Waals surface area contributed by atoms with Crippen molar-refractivity contribution in [3.05, 3.63) is 60.3 Å². The summed E-state index contributed by atoms with van der Waals surface area (Å²) in [7, 11) is -4.43. The Labute approximate surface area is 135 Å². The van der Waals surface area contributed by atoms with E-state index in [1.807, 2.05) is 0 Å². The molecule has 24 heavy (non-hydrogen) atoms. The van der Waals surface area contributed by atoms with E-state index in [9.17, 15) is 17.6 Å². The van der Waals surface area contributed by atoms with Crippen molar-refractivity contribution < 1.29 is 17.6 Å². The molecule has 10 heteroatoms. The molecule has 1 aromatic carbocycles. The van der Waals surface area contributed by atoms with Crippen LogP contribution in [-0.2, 0) is 10.0 Å². The number of sulfonamides is 1. The molecule has 0 radical (unpaired) electrons. The third-order valence-electron chi connectivity index (χ3n) is 3.02. The van der Waals surface area contributed by atoms with E-state index in [0.29, 0.717) is 11.4 Å². The fourth-order valence-corrected chi connectivity index (χ4v) is 2.93. The highest BCUT2D eigenvalue weighted by atomic mass is 32.2. The predicted octanol–water partition coefficient (Wildman–Crippen LogP) is 1.12. The van der Waals surface area contributed by atoms with Gasteiger partial charge in [0.15, 0.2) is 11.6 Å². The van der Waals surface area contributed by atoms with Crippen LogP contribution in [-0.4, -0.2) is 34.5 Å². The lowest BCUT2D eigenvalue weighted by atomic mass is 10.1. The van der Waals surface area contributed by atoms with Gasteiger partial charge in [-0.25, -0.2) is 19.1 Å². The van der Waals surface area contributed by atoms with E-state index in [1.54, 1.807) is 16.9 Å². The average Bonchev–Trinajstić information content (AvgIpc) is 3.09. The standard InChI is InChI=1S/C14H10FN5O3S/c15-11-5-2-6-16-14(11)24(22,23)20-13(21)10-4-1-3-9(7-10)12-17-8-18-19-12/h1-8H,(H,20,21)(H,17,18,19). The molecule has 0 saturated carbocycles. The summed E-state index contributed by atoms with van der Waals surface area (Å²) in [4.78, 5) is 19.6. The van der Waals surface area contributed by atoms with Crippen molar-refractivity contribution in [2.45, 2.75) is 5.03 Å². The summed E-state index contributed by atoms with van der Waals surface area (Å²) in [5.74, 6) is -1.54. The molecule has 8 nitrogen and oxygen atoms in total. The van der Waals surface area contributed by atoms with Crippen LogP contribution in [0, 0.1) is 5.82 Å². The number of hydrogen-bond acceptors (Lipinski definition) is 6. The quantitative estimate of drug-likeness (QED) is 0.730. The van der Waals surface area contributed by atoms with Crippen molar-refractivity contribution in [3.63, 3.8) is 0 Å². The summed E-state index contributed by atoms with van der Waals surface area (Å²) >= 11 is 0. The van der Waals surface area contributed by atoms with E-state index in [0.717, 1.165) is 12.3 Å². The van der Waals surface area contributed by atoms with Gasteiger partial charge in [0.25, 0.3) is 15.9 Å². The number of halogens is 1. The molecule has 0 fully saturated rings. The Bertz CT molecular complexity index is 989. The third kappa shape index (κ3) is 3.13. The van der Waals surface area contributed by atoms with Gasteiger partial charge in [0.05, 0.1) is 0 Å². The van der Waals surface area contributed by atoms with Crippen LogP contribution >= 0.6 is 0 Å². The SMILES string of the molecule is O=C(NS(=O)(=O)c1ncccc1F)c1cccc(-c2ncn[nH]2)c1. The first kappa shape index (κ1) is 15.7. The lowest BCUT2D eigenvalue weighted by Crippen LogP contribution is -2.31. The molecule has 0 aliphatic rings. The number of aromatic nitrogens is 4. The van der Waals surface area contributed by atoms with Crippen LogP contribution in [0.25, 0.3) is 11.4 Å². The number of hydrogen-bond donors (Lipinski definition) is 2. The maximum Gasteiger partial charge on any atom is 0.284 e. The number of H-pyrrole nitrogens is 1. The van der Waals surface area contributed by atoms with E-state index in [1.165, 1.54) is 24.5 Å². The summed E-state index contributed by atoms with van der Waals surface area (Å²) in [6.45, 7) is 0. The number of carbonyl (C=O) groups is 1. The van der Waals surface area contributed by atoms with Gasteiger partial charge in [-0.3, -0.25) is 9.89 Å². The summed E-state index contributed by atoms with van der Waals surface area (Å²) < 4.78 is 39.5. The van der Waals surface area contributed by atoms with Crippen LogP contribution in [0.4, 0.5) is 4.39 Å². The van der Waals surface area contributed by atoms with Gasteiger partial charge >= 0.3 is 0 Å². The number of nitrogens with zero attached hydrogens (tertiary/aromatic N) is 3. The van der Waals surface area contributed by atoms with Crippen molar-refractivity contribution in [2.75, 3.05) is 0 Å². The number of carbonyl (C=O) groups excluding carboxylic acids is 1. The van der Waals surface area contributed by atoms with Gasteiger partial charge in [0.1, 0.15) is 6.33 Å². The number of pyridine rings is 1. The molecule has 0 aliphatic carbocycles. The van der Waals surface area contributed by atoms with Gasteiger partial charge in [-0.15, -0.1) is 0 Å². The molecule has 1 amide bonds. The zero-order valence-corrected chi connectivity index (χ0v) is 12.8. The highest BCUT2D eigenvalue weighted by molar-refractivity contribution is 7.90. The van der Waals surface area contributed by atoms with Gasteiger partial charge in [-0.05, 0) is 24.3 Å². The fourth-order valence-electron chi connectivity index (χ4n) is 1.95. The Morgan fingerprint density at radius 1 is 1.17 bits per heavy atom. The first-order chi connectivity index (χ1) is 11.5. The first-order valence-corrected chi connectivity index (χ1v) is 8.09. The predicted molar refractivity (Wildman–Crippen MR) is 80.7 cm³/mol. The minimum atomic E-state index is -4.43. The maximum atomic E-state index is 13.6. The van der Waals surface area contributed by atoms with E-state index in [2.05, 4.69) is 20.2 Å². The fraction of sp³-hybridized carbons (Fsp3) is 0. The molecule has 122 valence electrons. The third-order valence-corrected chi connectivity index (χ3v) is 4.28. The smallest absolute Gasteiger partial charge is 0.268 e. The molecule has 2 aromatic heterocycles. The Morgan fingerprint density at radius 2 is 2.00 bits per heavy atom. The molecule has 0 unspecified atom stereocenters. The van der Waals surface area contributed by atoms with Gasteiger partial charge in [-0.2, -0.15) is 13.5 Å². The Balaban J connectivity index is 1.88. The van der Waals surface area contributed by atoms with Gasteiger partial charge in [0.2, 0.25) is 5.03 Å². The van der Waals surface area contributed by atoms with Crippen LogP contribution in [0.1, 0.15) is 10.4 Å². The number of amides is 1. The molecule has 0 atom stereocenters. The van der Waals surface area contributed by atoms with Crippen molar-refractivity contribution in [1.29, 1.82) is 0 Å². The highest BCUT2D eigenvalue weighted by Gasteiger charge is 2.23. The van der Waals surface area contributed by atoms with Crippen molar-refractivity contribution in [2.24, 2.45) is 0 Å². The van der Waals surface area contributed by atoms with E-state index in [-0.39, 0.29) is 5.56 Å². The second-order valence-corrected chi connectivity index (χ2v) is 6.24. The minimum absolute atomic E-state index is 0.0591. The van der Waals surface area contributed by atoms with Crippen molar-refractivity contribution in [3.8, 4) is 11.4 Å². The number of nitrogens with one attached hydrogen (secondary N) is 2. The minimum Gasteiger partial charge on any atom is -0.268 e. The molecule has 2 heterocycles. The molecule has 0 spiro atoms. The number of rotatable bonds is 4. The summed E-state index contributed by atoms with van der Waals surface area (Å²) in [6.07, 6.45) is 2.42. The lowest BCUT2D eigenvalue weighted by molar-refractivity contribution is 0.0981. The zero-order chi connectivity index (χ0) is 17.2. The second kappa shape index (κ2) is 6.16. The second-order valence-electron chi connectivity index (χ2n) is 4.64. The summed E-state index contributed by atoms with van der Waals surface area (Å²) in [5, 5.41) is 5.49. The Morgan fingerprint density at radius 3 is 2.71 bits per heavy atom. The maximum absolute atomic E-state index is 13.6. The normalized spacial score (nSPS) is 11.2. The largest absolute Gasteiger partial charge is 0.284 e. The molecule has 0 aliphatic heterocycles. The molecule has 0 saturated heterocycles. The zero-order valence-electron chi connectivity index (χ0n) is 12.0. The molecule has 0 bridgehead atoms. The molecule has 3 rings (SSSR count). The average molecular weight is 347 g/mol. The Hall–Kier alpha value is -3.14. The van der Waals surface area contributed by atoms with Crippen LogP contribution in [0.3, 0.4) is 0 Å². The molecular formula is C14H10FN5O3S. The first-order valence-electron chi connectivity index (χ1n) is 6.61. The van der Waals surface area contributed by atoms with Gasteiger partial charge in [0, 0.05) is 17.3 Å². The molecule has 2 N–H and O–H groups in total. The van der Waals surface area contributed by atoms with Crippen molar-refractivity contribution in [1.82, 2.24) is 24.9 Å². The highest BCUT2D eigenvalue weighted by Crippen LogP contribution is 2.16. The topological polar surface area (TPSA) is 118 Å². The van der Waals surface area contributed by atoms with Crippen LogP contribution in [0.2, 0.25) is 0 Å². The summed E-state index contributed by atoms with van der Waals surface area (Å²) in [6, 6.07) is 8.26. The van der Waals surface area contributed by atoms with Crippen molar-refractivity contribution >= 4 is 15.9 Å². The van der Waals surface area contributed by atoms with Gasteiger partial charge in [-0.1, -0.05) is 12.1 Å². The van der Waals surface area contributed by atoms with Crippen LogP contribution < -0.4 is 4.72 Å². The monoisotopic (exact) mass is 347 g/mol. The number of benzene rings is 1. The van der Waals surface area contributed by atoms with E-state index in [4.69, 9.17) is 0 Å². The molecular weight excluding hydrogens is 337 g/mol. The Kier molecular flexibility index (Phi) is 4.04. The molecule has 3 aromatic rings. The van der Waals surface area contributed by atoms with E-state index < -0.39 is 26.8 Å². The van der Waals surface area contributed by atoms with Gasteiger partial charge < -0.3 is 0 Å². The van der Waals surface area contributed by atoms with E-state index >= 15 is 0 Å². The number of aromatic amines is 1. The van der Waals surface area contributed by atoms with Crippen LogP contribution in [0.15, 0.2) is 53.9 Å². The lowest BCUT2D eigenvalue weighted by Gasteiger charge is -2.07.